The molecule has 3 N–H and O–H groups in total. The molecule has 1 aromatic rings. The molecule has 1 unspecified atom stereocenters. The van der Waals surface area contributed by atoms with Gasteiger partial charge in [-0.3, -0.25) is 4.79 Å². The van der Waals surface area contributed by atoms with Gasteiger partial charge in [-0.1, -0.05) is 18.2 Å². The highest BCUT2D eigenvalue weighted by molar-refractivity contribution is 5.85. The molecule has 3 nitrogen and oxygen atoms in total. The van der Waals surface area contributed by atoms with Gasteiger partial charge in [-0.2, -0.15) is 0 Å². The summed E-state index contributed by atoms with van der Waals surface area (Å²) in [5, 5.41) is 2.95. The Morgan fingerprint density at radius 1 is 1.32 bits per heavy atom. The van der Waals surface area contributed by atoms with Crippen molar-refractivity contribution in [2.24, 2.45) is 5.73 Å². The number of carbonyl (C=O) groups is 1. The monoisotopic (exact) mass is 284 g/mol. The van der Waals surface area contributed by atoms with Crippen molar-refractivity contribution in [3.8, 4) is 0 Å². The van der Waals surface area contributed by atoms with Gasteiger partial charge in [0.25, 0.3) is 0 Å². The quantitative estimate of drug-likeness (QED) is 0.843. The minimum atomic E-state index is 0. The zero-order chi connectivity index (χ0) is 13.5. The number of aryl methyl sites for hydroxylation is 2. The lowest BCUT2D eigenvalue weighted by Crippen LogP contribution is -2.27. The minimum absolute atomic E-state index is 0. The maximum Gasteiger partial charge on any atom is 0.220 e. The van der Waals surface area contributed by atoms with Crippen LogP contribution in [0.5, 0.6) is 0 Å². The zero-order valence-electron chi connectivity index (χ0n) is 12.0. The van der Waals surface area contributed by atoms with Crippen molar-refractivity contribution in [1.82, 2.24) is 5.32 Å². The van der Waals surface area contributed by atoms with Crippen LogP contribution in [0.2, 0.25) is 0 Å². The summed E-state index contributed by atoms with van der Waals surface area (Å²) in [5.74, 6) is 0.0959. The average molecular weight is 285 g/mol. The first-order valence-electron chi connectivity index (χ1n) is 6.58. The topological polar surface area (TPSA) is 55.1 Å². The van der Waals surface area contributed by atoms with Crippen LogP contribution in [0.15, 0.2) is 18.2 Å². The van der Waals surface area contributed by atoms with Gasteiger partial charge >= 0.3 is 0 Å². The zero-order valence-corrected chi connectivity index (χ0v) is 12.8. The van der Waals surface area contributed by atoms with Gasteiger partial charge in [0, 0.05) is 19.0 Å². The Hall–Kier alpha value is -1.06. The van der Waals surface area contributed by atoms with Gasteiger partial charge in [0.05, 0.1) is 0 Å². The van der Waals surface area contributed by atoms with Crippen LogP contribution in [0.25, 0.3) is 0 Å². The standard InChI is InChI=1S/C15H24N2O.ClH/c1-11-5-4-6-12(2)14(11)9-10-17-15(18)8-7-13(3)16;/h4-6,13H,7-10,16H2,1-3H3,(H,17,18);1H. The van der Waals surface area contributed by atoms with Gasteiger partial charge < -0.3 is 11.1 Å². The van der Waals surface area contributed by atoms with Crippen molar-refractivity contribution in [3.05, 3.63) is 34.9 Å². The van der Waals surface area contributed by atoms with Crippen LogP contribution in [-0.2, 0) is 11.2 Å². The Morgan fingerprint density at radius 3 is 2.42 bits per heavy atom. The summed E-state index contributed by atoms with van der Waals surface area (Å²) < 4.78 is 0. The predicted molar refractivity (Wildman–Crippen MR) is 82.8 cm³/mol. The average Bonchev–Trinajstić information content (AvgIpc) is 2.30. The highest BCUT2D eigenvalue weighted by atomic mass is 35.5. The van der Waals surface area contributed by atoms with Crippen LogP contribution in [0.3, 0.4) is 0 Å². The molecule has 19 heavy (non-hydrogen) atoms. The Labute approximate surface area is 122 Å². The van der Waals surface area contributed by atoms with Crippen molar-refractivity contribution in [3.63, 3.8) is 0 Å². The summed E-state index contributed by atoms with van der Waals surface area (Å²) in [4.78, 5) is 11.5. The molecule has 1 atom stereocenters. The van der Waals surface area contributed by atoms with Crippen LogP contribution in [0.4, 0.5) is 0 Å². The van der Waals surface area contributed by atoms with Gasteiger partial charge in [-0.05, 0) is 50.3 Å². The fourth-order valence-electron chi connectivity index (χ4n) is 2.02. The summed E-state index contributed by atoms with van der Waals surface area (Å²) in [5.41, 5.74) is 9.54. The van der Waals surface area contributed by atoms with E-state index in [1.807, 2.05) is 6.92 Å². The SMILES string of the molecule is Cc1cccc(C)c1CCNC(=O)CCC(C)N.Cl. The molecule has 4 heteroatoms. The highest BCUT2D eigenvalue weighted by Crippen LogP contribution is 2.13. The maximum absolute atomic E-state index is 11.5. The number of nitrogens with two attached hydrogens (primary N) is 1. The molecular formula is C15H25ClN2O. The van der Waals surface area contributed by atoms with Crippen molar-refractivity contribution in [2.75, 3.05) is 6.54 Å². The van der Waals surface area contributed by atoms with Gasteiger partial charge in [0.1, 0.15) is 0 Å². The van der Waals surface area contributed by atoms with Gasteiger partial charge in [-0.15, -0.1) is 12.4 Å². The molecule has 0 bridgehead atoms. The fraction of sp³-hybridized carbons (Fsp3) is 0.533. The number of hydrogen-bond acceptors (Lipinski definition) is 2. The highest BCUT2D eigenvalue weighted by Gasteiger charge is 2.05. The lowest BCUT2D eigenvalue weighted by Gasteiger charge is -2.11. The van der Waals surface area contributed by atoms with Crippen LogP contribution in [0, 0.1) is 13.8 Å². The third-order valence-electron chi connectivity index (χ3n) is 3.17. The second-order valence-corrected chi connectivity index (χ2v) is 4.99. The first-order chi connectivity index (χ1) is 8.50. The third kappa shape index (κ3) is 6.60. The van der Waals surface area contributed by atoms with Crippen molar-refractivity contribution in [2.45, 2.75) is 46.1 Å². The van der Waals surface area contributed by atoms with Crippen molar-refractivity contribution in [1.29, 1.82) is 0 Å². The number of amides is 1. The molecule has 0 spiro atoms. The molecule has 1 amide bonds. The van der Waals surface area contributed by atoms with E-state index in [-0.39, 0.29) is 24.4 Å². The second-order valence-electron chi connectivity index (χ2n) is 4.99. The molecule has 1 rings (SSSR count). The minimum Gasteiger partial charge on any atom is -0.356 e. The van der Waals surface area contributed by atoms with Gasteiger partial charge in [-0.25, -0.2) is 0 Å². The Kier molecular flexibility index (Phi) is 8.44. The molecule has 0 aliphatic carbocycles. The van der Waals surface area contributed by atoms with E-state index in [2.05, 4.69) is 37.4 Å². The molecule has 0 radical (unpaired) electrons. The smallest absolute Gasteiger partial charge is 0.220 e. The van der Waals surface area contributed by atoms with E-state index < -0.39 is 0 Å². The summed E-state index contributed by atoms with van der Waals surface area (Å²) in [6.45, 7) is 6.84. The number of hydrogen-bond donors (Lipinski definition) is 2. The van der Waals surface area contributed by atoms with Crippen molar-refractivity contribution < 1.29 is 4.79 Å². The number of carbonyl (C=O) groups excluding carboxylic acids is 1. The lowest BCUT2D eigenvalue weighted by molar-refractivity contribution is -0.121. The van der Waals surface area contributed by atoms with Crippen LogP contribution >= 0.6 is 12.4 Å². The van der Waals surface area contributed by atoms with Crippen LogP contribution in [0.1, 0.15) is 36.5 Å². The first-order valence-corrected chi connectivity index (χ1v) is 6.58. The largest absolute Gasteiger partial charge is 0.356 e. The molecule has 0 fully saturated rings. The van der Waals surface area contributed by atoms with E-state index in [9.17, 15) is 4.79 Å². The summed E-state index contributed by atoms with van der Waals surface area (Å²) in [6, 6.07) is 6.38. The molecule has 0 heterocycles. The molecule has 0 saturated carbocycles. The van der Waals surface area contributed by atoms with E-state index in [4.69, 9.17) is 5.73 Å². The number of rotatable bonds is 6. The molecule has 108 valence electrons. The number of nitrogens with one attached hydrogen (secondary N) is 1. The van der Waals surface area contributed by atoms with Crippen LogP contribution < -0.4 is 11.1 Å². The van der Waals surface area contributed by atoms with E-state index in [1.54, 1.807) is 0 Å². The van der Waals surface area contributed by atoms with E-state index in [0.29, 0.717) is 13.0 Å². The lowest BCUT2D eigenvalue weighted by atomic mass is 10.0. The third-order valence-corrected chi connectivity index (χ3v) is 3.17. The molecular weight excluding hydrogens is 260 g/mol. The van der Waals surface area contributed by atoms with Gasteiger partial charge in [0.15, 0.2) is 0 Å². The Bertz CT molecular complexity index is 385. The predicted octanol–water partition coefficient (Wildman–Crippen LogP) is 2.51. The van der Waals surface area contributed by atoms with Crippen LogP contribution in [-0.4, -0.2) is 18.5 Å². The number of benzene rings is 1. The Balaban J connectivity index is 0.00000324. The van der Waals surface area contributed by atoms with E-state index >= 15 is 0 Å². The second kappa shape index (κ2) is 8.94. The molecule has 0 aliphatic heterocycles. The summed E-state index contributed by atoms with van der Waals surface area (Å²) >= 11 is 0. The number of halogens is 1. The van der Waals surface area contributed by atoms with E-state index in [0.717, 1.165) is 12.8 Å². The first kappa shape index (κ1) is 17.9. The van der Waals surface area contributed by atoms with Crippen molar-refractivity contribution >= 4 is 18.3 Å². The maximum atomic E-state index is 11.5. The molecule has 0 aromatic heterocycles. The molecule has 0 aliphatic rings. The summed E-state index contributed by atoms with van der Waals surface area (Å²) in [7, 11) is 0. The van der Waals surface area contributed by atoms with E-state index in [1.165, 1.54) is 16.7 Å². The molecule has 1 aromatic carbocycles. The summed E-state index contributed by atoms with van der Waals surface area (Å²) in [6.07, 6.45) is 2.15. The van der Waals surface area contributed by atoms with Gasteiger partial charge in [0.2, 0.25) is 5.91 Å². The Morgan fingerprint density at radius 2 is 1.89 bits per heavy atom. The normalized spacial score (nSPS) is 11.6. The fourth-order valence-corrected chi connectivity index (χ4v) is 2.02. The molecule has 0 saturated heterocycles.